The Morgan fingerprint density at radius 1 is 0.783 bits per heavy atom. The first-order valence-electron chi connectivity index (χ1n) is 6.63. The van der Waals surface area contributed by atoms with Gasteiger partial charge in [-0.25, -0.2) is 0 Å². The van der Waals surface area contributed by atoms with Crippen molar-refractivity contribution in [2.75, 3.05) is 14.2 Å². The zero-order chi connectivity index (χ0) is 16.4. The van der Waals surface area contributed by atoms with Crippen molar-refractivity contribution in [3.63, 3.8) is 0 Å². The summed E-state index contributed by atoms with van der Waals surface area (Å²) in [5, 5.41) is 8.26. The van der Waals surface area contributed by atoms with Crippen molar-refractivity contribution in [3.8, 4) is 34.4 Å². The monoisotopic (exact) mass is 438 g/mol. The molecule has 1 heterocycles. The Hall–Kier alpha value is -1.86. The lowest BCUT2D eigenvalue weighted by Crippen LogP contribution is -1.85. The molecule has 0 amide bonds. The Balaban J connectivity index is 2.04. The number of rotatable bonds is 4. The van der Waals surface area contributed by atoms with E-state index in [1.807, 2.05) is 36.4 Å². The van der Waals surface area contributed by atoms with Crippen LogP contribution in [-0.4, -0.2) is 24.4 Å². The van der Waals surface area contributed by atoms with E-state index in [-0.39, 0.29) is 0 Å². The Labute approximate surface area is 149 Å². The maximum absolute atomic E-state index is 5.82. The fraction of sp³-hybridized carbons (Fsp3) is 0.125. The molecule has 1 aromatic heterocycles. The molecule has 0 radical (unpaired) electrons. The van der Waals surface area contributed by atoms with Crippen LogP contribution in [0.1, 0.15) is 0 Å². The third kappa shape index (κ3) is 3.25. The predicted octanol–water partition coefficient (Wildman–Crippen LogP) is 4.95. The highest BCUT2D eigenvalue weighted by atomic mass is 79.9. The van der Waals surface area contributed by atoms with E-state index in [2.05, 4.69) is 42.1 Å². The molecule has 0 aliphatic heterocycles. The van der Waals surface area contributed by atoms with E-state index in [4.69, 9.17) is 13.9 Å². The topological polar surface area (TPSA) is 57.4 Å². The molecule has 3 rings (SSSR count). The smallest absolute Gasteiger partial charge is 0.249 e. The van der Waals surface area contributed by atoms with Gasteiger partial charge in [-0.3, -0.25) is 0 Å². The fourth-order valence-electron chi connectivity index (χ4n) is 2.03. The number of methoxy groups -OCH3 is 2. The van der Waals surface area contributed by atoms with Crippen molar-refractivity contribution in [1.82, 2.24) is 10.2 Å². The Bertz CT molecular complexity index is 781. The Kier molecular flexibility index (Phi) is 4.68. The van der Waals surface area contributed by atoms with Crippen LogP contribution in [0.2, 0.25) is 0 Å². The number of aromatic nitrogens is 2. The summed E-state index contributed by atoms with van der Waals surface area (Å²) in [6, 6.07) is 11.1. The van der Waals surface area contributed by atoms with Gasteiger partial charge in [0.15, 0.2) is 0 Å². The highest BCUT2D eigenvalue weighted by Crippen LogP contribution is 2.35. The van der Waals surface area contributed by atoms with Crippen molar-refractivity contribution in [1.29, 1.82) is 0 Å². The predicted molar refractivity (Wildman–Crippen MR) is 93.7 cm³/mol. The zero-order valence-electron chi connectivity index (χ0n) is 12.3. The molecule has 23 heavy (non-hydrogen) atoms. The molecule has 118 valence electrons. The summed E-state index contributed by atoms with van der Waals surface area (Å²) in [5.74, 6) is 2.23. The molecule has 0 bridgehead atoms. The summed E-state index contributed by atoms with van der Waals surface area (Å²) >= 11 is 6.97. The van der Waals surface area contributed by atoms with Crippen molar-refractivity contribution in [2.45, 2.75) is 0 Å². The fourth-order valence-corrected chi connectivity index (χ4v) is 2.86. The van der Waals surface area contributed by atoms with Gasteiger partial charge < -0.3 is 13.9 Å². The number of hydrogen-bond acceptors (Lipinski definition) is 5. The van der Waals surface area contributed by atoms with Crippen LogP contribution in [0.4, 0.5) is 0 Å². The van der Waals surface area contributed by atoms with Crippen LogP contribution in [0.25, 0.3) is 22.9 Å². The number of halogens is 2. The minimum Gasteiger partial charge on any atom is -0.497 e. The summed E-state index contributed by atoms with van der Waals surface area (Å²) in [7, 11) is 3.22. The molecule has 0 N–H and O–H groups in total. The summed E-state index contributed by atoms with van der Waals surface area (Å²) in [6.07, 6.45) is 0. The first kappa shape index (κ1) is 16.0. The average molecular weight is 440 g/mol. The largest absolute Gasteiger partial charge is 0.497 e. The van der Waals surface area contributed by atoms with Crippen molar-refractivity contribution < 1.29 is 13.9 Å². The summed E-state index contributed by atoms with van der Waals surface area (Å²) in [6.45, 7) is 0. The van der Waals surface area contributed by atoms with Crippen molar-refractivity contribution >= 4 is 31.9 Å². The highest BCUT2D eigenvalue weighted by molar-refractivity contribution is 9.11. The van der Waals surface area contributed by atoms with E-state index in [1.54, 1.807) is 14.2 Å². The van der Waals surface area contributed by atoms with Gasteiger partial charge in [-0.1, -0.05) is 0 Å². The van der Waals surface area contributed by atoms with Gasteiger partial charge >= 0.3 is 0 Å². The standard InChI is InChI=1S/C16H12Br2N2O3/c1-21-9-3-5-13(17)11(7-9)15-19-20-16(23-15)12-8-10(22-2)4-6-14(12)18/h3-8H,1-2H3. The summed E-state index contributed by atoms with van der Waals surface area (Å²) in [5.41, 5.74) is 1.53. The van der Waals surface area contributed by atoms with Gasteiger partial charge in [0.05, 0.1) is 25.3 Å². The molecule has 0 atom stereocenters. The molecular weight excluding hydrogens is 428 g/mol. The van der Waals surface area contributed by atoms with E-state index in [1.165, 1.54) is 0 Å². The van der Waals surface area contributed by atoms with Gasteiger partial charge in [0.1, 0.15) is 11.5 Å². The molecule has 0 aliphatic carbocycles. The van der Waals surface area contributed by atoms with Gasteiger partial charge in [0.2, 0.25) is 11.8 Å². The lowest BCUT2D eigenvalue weighted by Gasteiger charge is -2.04. The summed E-state index contributed by atoms with van der Waals surface area (Å²) in [4.78, 5) is 0. The van der Waals surface area contributed by atoms with Crippen LogP contribution in [-0.2, 0) is 0 Å². The van der Waals surface area contributed by atoms with Crippen molar-refractivity contribution in [3.05, 3.63) is 45.3 Å². The van der Waals surface area contributed by atoms with Gasteiger partial charge in [0.25, 0.3) is 0 Å². The lowest BCUT2D eigenvalue weighted by atomic mass is 10.2. The van der Waals surface area contributed by atoms with Crippen LogP contribution in [0.5, 0.6) is 11.5 Å². The van der Waals surface area contributed by atoms with E-state index >= 15 is 0 Å². The zero-order valence-corrected chi connectivity index (χ0v) is 15.5. The minimum absolute atomic E-state index is 0.403. The molecule has 0 aliphatic rings. The lowest BCUT2D eigenvalue weighted by molar-refractivity contribution is 0.414. The maximum Gasteiger partial charge on any atom is 0.249 e. The second kappa shape index (κ2) is 6.72. The molecule has 2 aromatic carbocycles. The van der Waals surface area contributed by atoms with E-state index in [0.29, 0.717) is 23.3 Å². The van der Waals surface area contributed by atoms with Crippen LogP contribution in [0, 0.1) is 0 Å². The van der Waals surface area contributed by atoms with E-state index in [9.17, 15) is 0 Å². The molecule has 5 nitrogen and oxygen atoms in total. The first-order chi connectivity index (χ1) is 11.1. The molecule has 0 fully saturated rings. The van der Waals surface area contributed by atoms with E-state index in [0.717, 1.165) is 20.1 Å². The molecule has 7 heteroatoms. The quantitative estimate of drug-likeness (QED) is 0.575. The normalized spacial score (nSPS) is 10.6. The van der Waals surface area contributed by atoms with Crippen LogP contribution in [0.3, 0.4) is 0 Å². The molecule has 0 spiro atoms. The SMILES string of the molecule is COc1ccc(Br)c(-c2nnc(-c3cc(OC)ccc3Br)o2)c1. The van der Waals surface area contributed by atoms with Gasteiger partial charge in [0, 0.05) is 8.95 Å². The third-order valence-electron chi connectivity index (χ3n) is 3.23. The van der Waals surface area contributed by atoms with Crippen LogP contribution in [0.15, 0.2) is 49.8 Å². The molecular formula is C16H12Br2N2O3. The Morgan fingerprint density at radius 2 is 1.22 bits per heavy atom. The van der Waals surface area contributed by atoms with Crippen LogP contribution >= 0.6 is 31.9 Å². The van der Waals surface area contributed by atoms with Gasteiger partial charge in [-0.05, 0) is 68.3 Å². The number of nitrogens with zero attached hydrogens (tertiary/aromatic N) is 2. The first-order valence-corrected chi connectivity index (χ1v) is 8.22. The number of ether oxygens (including phenoxy) is 2. The number of hydrogen-bond donors (Lipinski definition) is 0. The minimum atomic E-state index is 0.403. The third-order valence-corrected chi connectivity index (χ3v) is 4.62. The summed E-state index contributed by atoms with van der Waals surface area (Å²) < 4.78 is 18.0. The Morgan fingerprint density at radius 3 is 1.61 bits per heavy atom. The second-order valence-corrected chi connectivity index (χ2v) is 6.31. The maximum atomic E-state index is 5.82. The number of benzene rings is 2. The van der Waals surface area contributed by atoms with Gasteiger partial charge in [-0.2, -0.15) is 0 Å². The van der Waals surface area contributed by atoms with Gasteiger partial charge in [-0.15, -0.1) is 10.2 Å². The molecule has 0 saturated carbocycles. The van der Waals surface area contributed by atoms with Crippen LogP contribution < -0.4 is 9.47 Å². The molecule has 0 saturated heterocycles. The average Bonchev–Trinajstić information content (AvgIpc) is 3.05. The molecule has 3 aromatic rings. The van der Waals surface area contributed by atoms with E-state index < -0.39 is 0 Å². The highest BCUT2D eigenvalue weighted by Gasteiger charge is 2.16. The molecule has 0 unspecified atom stereocenters. The second-order valence-electron chi connectivity index (χ2n) is 4.60. The van der Waals surface area contributed by atoms with Crippen molar-refractivity contribution in [2.24, 2.45) is 0 Å².